The van der Waals surface area contributed by atoms with Crippen molar-refractivity contribution in [2.75, 3.05) is 5.73 Å². The maximum atomic E-state index is 12.6. The van der Waals surface area contributed by atoms with E-state index in [4.69, 9.17) is 5.73 Å². The lowest BCUT2D eigenvalue weighted by molar-refractivity contribution is -0.596. The van der Waals surface area contributed by atoms with Gasteiger partial charge in [0, 0.05) is 17.7 Å². The number of carbonyl (C=O) groups excluding carboxylic acids is 1. The molecule has 0 aliphatic rings. The van der Waals surface area contributed by atoms with E-state index in [1.54, 1.807) is 12.1 Å². The fourth-order valence-electron chi connectivity index (χ4n) is 2.11. The smallest absolute Gasteiger partial charge is 0.258 e. The first kappa shape index (κ1) is 13.9. The predicted octanol–water partition coefficient (Wildman–Crippen LogP) is 3.13. The molecule has 0 aliphatic heterocycles. The Hall–Kier alpha value is -2.11. The second-order valence-electron chi connectivity index (χ2n) is 4.48. The van der Waals surface area contributed by atoms with E-state index < -0.39 is 0 Å². The van der Waals surface area contributed by atoms with Gasteiger partial charge in [-0.05, 0) is 0 Å². The molecule has 0 saturated carbocycles. The molecule has 5 heteroatoms. The molecular weight excluding hydrogens is 300 g/mol. The summed E-state index contributed by atoms with van der Waals surface area (Å²) in [4.78, 5) is 13.1. The molecule has 0 saturated heterocycles. The molecule has 3 aromatic rings. The van der Waals surface area contributed by atoms with E-state index in [1.807, 2.05) is 53.4 Å². The molecule has 0 atom stereocenters. The van der Waals surface area contributed by atoms with Crippen molar-refractivity contribution in [2.45, 2.75) is 4.21 Å². The second-order valence-corrected chi connectivity index (χ2v) is 6.25. The van der Waals surface area contributed by atoms with Gasteiger partial charge in [0.15, 0.2) is 12.4 Å². The Labute approximate surface area is 132 Å². The van der Waals surface area contributed by atoms with Gasteiger partial charge in [0.05, 0.1) is 0 Å². The Morgan fingerprint density at radius 3 is 2.33 bits per heavy atom. The maximum Gasteiger partial charge on any atom is 0.258 e. The number of hydrogen-bond acceptors (Lipinski definition) is 4. The Bertz CT molecular complexity index is 783. The Balaban J connectivity index is 2.09. The first-order valence-corrected chi connectivity index (χ1v) is 7.62. The van der Waals surface area contributed by atoms with E-state index in [1.165, 1.54) is 11.3 Å². The molecule has 0 aliphatic carbocycles. The fraction of sp³-hybridized carbons (Fsp3) is 0. The van der Waals surface area contributed by atoms with Crippen LogP contribution in [0.25, 0.3) is 5.69 Å². The van der Waals surface area contributed by atoms with E-state index >= 15 is 0 Å². The van der Waals surface area contributed by atoms with Crippen LogP contribution in [0.4, 0.5) is 5.69 Å². The summed E-state index contributed by atoms with van der Waals surface area (Å²) in [5.74, 6) is -0.0730. The summed E-state index contributed by atoms with van der Waals surface area (Å²) in [6.07, 6.45) is 3.77. The van der Waals surface area contributed by atoms with Crippen molar-refractivity contribution in [1.82, 2.24) is 0 Å². The summed E-state index contributed by atoms with van der Waals surface area (Å²) in [5.41, 5.74) is 8.04. The fourth-order valence-corrected chi connectivity index (χ4v) is 3.54. The molecule has 0 amide bonds. The Morgan fingerprint density at radius 2 is 1.67 bits per heavy atom. The third-order valence-electron chi connectivity index (χ3n) is 3.12. The number of hydrogen-bond donors (Lipinski definition) is 2. The standard InChI is InChI=1S/C16H12N2OS2/c17-12-13(18-9-5-2-6-10-18)16(20)21-15(12)14(19)11-7-3-1-4-8-11/h1-10H,(H2-,17,19,20)/p+1. The van der Waals surface area contributed by atoms with Crippen molar-refractivity contribution < 1.29 is 9.36 Å². The topological polar surface area (TPSA) is 47.0 Å². The molecule has 0 spiro atoms. The quantitative estimate of drug-likeness (QED) is 0.443. The minimum atomic E-state index is -0.0730. The molecule has 3 rings (SSSR count). The van der Waals surface area contributed by atoms with Crippen LogP contribution in [-0.2, 0) is 0 Å². The van der Waals surface area contributed by atoms with E-state index in [2.05, 4.69) is 12.6 Å². The molecule has 0 fully saturated rings. The number of nitrogens with zero attached hydrogens (tertiary/aromatic N) is 1. The van der Waals surface area contributed by atoms with E-state index in [0.717, 1.165) is 9.90 Å². The summed E-state index contributed by atoms with van der Waals surface area (Å²) in [5, 5.41) is 0. The number of aromatic nitrogens is 1. The zero-order valence-electron chi connectivity index (χ0n) is 11.1. The van der Waals surface area contributed by atoms with Gasteiger partial charge in [-0.25, -0.2) is 0 Å². The van der Waals surface area contributed by atoms with Crippen LogP contribution >= 0.6 is 24.0 Å². The van der Waals surface area contributed by atoms with Gasteiger partial charge < -0.3 is 5.73 Å². The summed E-state index contributed by atoms with van der Waals surface area (Å²) in [6.45, 7) is 0. The summed E-state index contributed by atoms with van der Waals surface area (Å²) in [6, 6.07) is 14.9. The van der Waals surface area contributed by atoms with Crippen LogP contribution in [0.15, 0.2) is 65.1 Å². The van der Waals surface area contributed by atoms with Crippen molar-refractivity contribution in [2.24, 2.45) is 0 Å². The lowest BCUT2D eigenvalue weighted by atomic mass is 10.1. The number of rotatable bonds is 3. The summed E-state index contributed by atoms with van der Waals surface area (Å²) in [7, 11) is 0. The van der Waals surface area contributed by atoms with Gasteiger partial charge in [-0.3, -0.25) is 4.79 Å². The van der Waals surface area contributed by atoms with Crippen LogP contribution in [0.1, 0.15) is 15.2 Å². The van der Waals surface area contributed by atoms with Crippen LogP contribution in [0.5, 0.6) is 0 Å². The Kier molecular flexibility index (Phi) is 3.77. The number of nitrogens with two attached hydrogens (primary N) is 1. The van der Waals surface area contributed by atoms with Gasteiger partial charge in [-0.15, -0.1) is 24.0 Å². The number of anilines is 1. The number of nitrogen functional groups attached to an aromatic ring is 1. The predicted molar refractivity (Wildman–Crippen MR) is 87.4 cm³/mol. The zero-order valence-corrected chi connectivity index (χ0v) is 12.8. The largest absolute Gasteiger partial charge is 0.392 e. The molecule has 1 aromatic carbocycles. The van der Waals surface area contributed by atoms with Crippen LogP contribution in [-0.4, -0.2) is 5.78 Å². The molecule has 0 bridgehead atoms. The minimum Gasteiger partial charge on any atom is -0.392 e. The van der Waals surface area contributed by atoms with Crippen molar-refractivity contribution in [3.05, 3.63) is 71.4 Å². The average molecular weight is 313 g/mol. The minimum absolute atomic E-state index is 0.0730. The second kappa shape index (κ2) is 5.71. The number of pyridine rings is 1. The number of thiophene rings is 1. The molecule has 2 N–H and O–H groups in total. The van der Waals surface area contributed by atoms with Crippen LogP contribution in [0.3, 0.4) is 0 Å². The average Bonchev–Trinajstić information content (AvgIpc) is 2.83. The summed E-state index contributed by atoms with van der Waals surface area (Å²) < 4.78 is 2.60. The molecule has 104 valence electrons. The highest BCUT2D eigenvalue weighted by Gasteiger charge is 2.26. The number of carbonyl (C=O) groups is 1. The summed E-state index contributed by atoms with van der Waals surface area (Å²) >= 11 is 5.78. The SMILES string of the molecule is Nc1c(C(=O)c2ccccc2)sc(S)c1-[n+]1ccccc1. The van der Waals surface area contributed by atoms with Gasteiger partial charge >= 0.3 is 0 Å². The lowest BCUT2D eigenvalue weighted by Gasteiger charge is -1.99. The Morgan fingerprint density at radius 1 is 1.05 bits per heavy atom. The van der Waals surface area contributed by atoms with Gasteiger partial charge in [0.25, 0.3) is 5.69 Å². The van der Waals surface area contributed by atoms with Crippen molar-refractivity contribution in [3.63, 3.8) is 0 Å². The third kappa shape index (κ3) is 2.57. The van der Waals surface area contributed by atoms with Crippen molar-refractivity contribution in [1.29, 1.82) is 0 Å². The van der Waals surface area contributed by atoms with Gasteiger partial charge in [0.1, 0.15) is 14.8 Å². The normalized spacial score (nSPS) is 10.5. The van der Waals surface area contributed by atoms with E-state index in [9.17, 15) is 4.79 Å². The third-order valence-corrected chi connectivity index (χ3v) is 4.60. The van der Waals surface area contributed by atoms with E-state index in [0.29, 0.717) is 16.1 Å². The highest BCUT2D eigenvalue weighted by atomic mass is 32.2. The molecule has 0 radical (unpaired) electrons. The van der Waals surface area contributed by atoms with Gasteiger partial charge in [-0.2, -0.15) is 4.57 Å². The molecule has 0 unspecified atom stereocenters. The van der Waals surface area contributed by atoms with Crippen LogP contribution in [0.2, 0.25) is 0 Å². The van der Waals surface area contributed by atoms with E-state index in [-0.39, 0.29) is 5.78 Å². The lowest BCUT2D eigenvalue weighted by Crippen LogP contribution is -2.30. The zero-order chi connectivity index (χ0) is 14.8. The molecule has 2 heterocycles. The highest BCUT2D eigenvalue weighted by molar-refractivity contribution is 7.83. The number of thiol groups is 1. The van der Waals surface area contributed by atoms with Crippen LogP contribution < -0.4 is 10.3 Å². The van der Waals surface area contributed by atoms with Crippen molar-refractivity contribution >= 4 is 35.4 Å². The number of ketones is 1. The molecular formula is C16H13N2OS2+. The number of benzene rings is 1. The molecule has 21 heavy (non-hydrogen) atoms. The first-order chi connectivity index (χ1) is 10.2. The van der Waals surface area contributed by atoms with Gasteiger partial charge in [-0.1, -0.05) is 36.4 Å². The molecule has 3 nitrogen and oxygen atoms in total. The first-order valence-electron chi connectivity index (χ1n) is 6.36. The van der Waals surface area contributed by atoms with Crippen LogP contribution in [0, 0.1) is 0 Å². The highest BCUT2D eigenvalue weighted by Crippen LogP contribution is 2.35. The maximum absolute atomic E-state index is 12.6. The monoisotopic (exact) mass is 313 g/mol. The van der Waals surface area contributed by atoms with Gasteiger partial charge in [0.2, 0.25) is 5.78 Å². The van der Waals surface area contributed by atoms with Crippen molar-refractivity contribution in [3.8, 4) is 5.69 Å². The molecule has 2 aromatic heterocycles.